The molecule has 0 fully saturated rings. The number of hydrogen-bond donors (Lipinski definition) is 1. The van der Waals surface area contributed by atoms with E-state index < -0.39 is 10.0 Å². The van der Waals surface area contributed by atoms with E-state index in [1.54, 1.807) is 60.7 Å². The Morgan fingerprint density at radius 1 is 0.923 bits per heavy atom. The second kappa shape index (κ2) is 6.27. The molecule has 130 valence electrons. The summed E-state index contributed by atoms with van der Waals surface area (Å²) in [5, 5.41) is 0. The van der Waals surface area contributed by atoms with Gasteiger partial charge in [0, 0.05) is 0 Å². The number of benzene rings is 2. The van der Waals surface area contributed by atoms with E-state index >= 15 is 0 Å². The van der Waals surface area contributed by atoms with Crippen LogP contribution < -0.4 is 4.31 Å². The molecule has 0 saturated heterocycles. The maximum atomic E-state index is 13.4. The lowest BCUT2D eigenvalue weighted by Crippen LogP contribution is -2.27. The van der Waals surface area contributed by atoms with Crippen LogP contribution in [0.4, 0.5) is 11.5 Å². The van der Waals surface area contributed by atoms with E-state index in [4.69, 9.17) is 0 Å². The number of pyridine rings is 1. The van der Waals surface area contributed by atoms with Crippen LogP contribution in [0.5, 0.6) is 0 Å². The van der Waals surface area contributed by atoms with Gasteiger partial charge in [-0.1, -0.05) is 35.9 Å². The number of imidazole rings is 1. The Morgan fingerprint density at radius 3 is 2.38 bits per heavy atom. The summed E-state index contributed by atoms with van der Waals surface area (Å²) in [6, 6.07) is 19.1. The molecule has 0 aliphatic carbocycles. The molecule has 0 aliphatic rings. The summed E-state index contributed by atoms with van der Waals surface area (Å²) in [5.41, 5.74) is 2.71. The molecule has 26 heavy (non-hydrogen) atoms. The van der Waals surface area contributed by atoms with Crippen LogP contribution in [-0.2, 0) is 10.0 Å². The SMILES string of the molecule is Cc1ccc(S(=O)(=O)N(c2ccccc2)c2ccc3[nH]cnc3n2)cc1. The Morgan fingerprint density at radius 2 is 1.65 bits per heavy atom. The van der Waals surface area contributed by atoms with Crippen LogP contribution in [-0.4, -0.2) is 23.4 Å². The van der Waals surface area contributed by atoms with Crippen molar-refractivity contribution in [2.75, 3.05) is 4.31 Å². The highest BCUT2D eigenvalue weighted by atomic mass is 32.2. The number of aromatic nitrogens is 3. The lowest BCUT2D eigenvalue weighted by atomic mass is 10.2. The number of rotatable bonds is 4. The van der Waals surface area contributed by atoms with Crippen LogP contribution >= 0.6 is 0 Å². The van der Waals surface area contributed by atoms with Crippen LogP contribution in [0.1, 0.15) is 5.56 Å². The molecule has 6 nitrogen and oxygen atoms in total. The molecule has 0 aliphatic heterocycles. The summed E-state index contributed by atoms with van der Waals surface area (Å²) in [6.07, 6.45) is 1.53. The molecule has 0 amide bonds. The molecule has 2 aromatic carbocycles. The number of nitrogens with zero attached hydrogens (tertiary/aromatic N) is 3. The van der Waals surface area contributed by atoms with Gasteiger partial charge in [0.25, 0.3) is 10.0 Å². The summed E-state index contributed by atoms with van der Waals surface area (Å²) in [6.45, 7) is 1.92. The fourth-order valence-corrected chi connectivity index (χ4v) is 4.14. The largest absolute Gasteiger partial charge is 0.343 e. The quantitative estimate of drug-likeness (QED) is 0.597. The predicted molar refractivity (Wildman–Crippen MR) is 101 cm³/mol. The van der Waals surface area contributed by atoms with Crippen molar-refractivity contribution in [1.82, 2.24) is 15.0 Å². The Kier molecular flexibility index (Phi) is 3.93. The van der Waals surface area contributed by atoms with E-state index in [1.807, 2.05) is 13.0 Å². The average Bonchev–Trinajstić information content (AvgIpc) is 3.11. The molecule has 7 heteroatoms. The normalized spacial score (nSPS) is 11.6. The highest BCUT2D eigenvalue weighted by Gasteiger charge is 2.28. The molecule has 2 aromatic heterocycles. The third-order valence-electron chi connectivity index (χ3n) is 4.03. The minimum Gasteiger partial charge on any atom is -0.343 e. The van der Waals surface area contributed by atoms with Crippen molar-refractivity contribution in [2.24, 2.45) is 0 Å². The van der Waals surface area contributed by atoms with Gasteiger partial charge in [0.1, 0.15) is 5.82 Å². The van der Waals surface area contributed by atoms with E-state index in [1.165, 1.54) is 10.6 Å². The van der Waals surface area contributed by atoms with E-state index in [0.29, 0.717) is 11.3 Å². The fourth-order valence-electron chi connectivity index (χ4n) is 2.70. The van der Waals surface area contributed by atoms with Gasteiger partial charge in [0.05, 0.1) is 22.4 Å². The molecule has 0 spiro atoms. The summed E-state index contributed by atoms with van der Waals surface area (Å²) < 4.78 is 28.0. The van der Waals surface area contributed by atoms with Crippen LogP contribution in [0.3, 0.4) is 0 Å². The molecular weight excluding hydrogens is 348 g/mol. The van der Waals surface area contributed by atoms with Crippen molar-refractivity contribution in [2.45, 2.75) is 11.8 Å². The second-order valence-electron chi connectivity index (χ2n) is 5.86. The maximum Gasteiger partial charge on any atom is 0.269 e. The van der Waals surface area contributed by atoms with Gasteiger partial charge in [-0.15, -0.1) is 0 Å². The van der Waals surface area contributed by atoms with Crippen molar-refractivity contribution in [3.8, 4) is 0 Å². The number of aryl methyl sites for hydroxylation is 1. The summed E-state index contributed by atoms with van der Waals surface area (Å²) in [4.78, 5) is 11.7. The van der Waals surface area contributed by atoms with Gasteiger partial charge >= 0.3 is 0 Å². The molecule has 0 unspecified atom stereocenters. The first kappa shape index (κ1) is 16.3. The lowest BCUT2D eigenvalue weighted by molar-refractivity contribution is 0.596. The molecule has 0 atom stereocenters. The van der Waals surface area contributed by atoms with Crippen LogP contribution in [0.25, 0.3) is 11.2 Å². The minimum absolute atomic E-state index is 0.205. The summed E-state index contributed by atoms with van der Waals surface area (Å²) >= 11 is 0. The first-order chi connectivity index (χ1) is 12.6. The van der Waals surface area contributed by atoms with E-state index in [2.05, 4.69) is 15.0 Å². The van der Waals surface area contributed by atoms with Gasteiger partial charge in [-0.3, -0.25) is 0 Å². The van der Waals surface area contributed by atoms with Gasteiger partial charge < -0.3 is 4.98 Å². The standard InChI is InChI=1S/C19H16N4O2S/c1-14-7-9-16(10-8-14)26(24,25)23(15-5-3-2-4-6-15)18-12-11-17-19(22-18)21-13-20-17/h2-13H,1H3,(H,20,21,22). The van der Waals surface area contributed by atoms with Crippen LogP contribution in [0.2, 0.25) is 0 Å². The smallest absolute Gasteiger partial charge is 0.269 e. The number of aromatic amines is 1. The average molecular weight is 364 g/mol. The van der Waals surface area contributed by atoms with Gasteiger partial charge in [-0.2, -0.15) is 0 Å². The lowest BCUT2D eigenvalue weighted by Gasteiger charge is -2.23. The molecule has 4 rings (SSSR count). The maximum absolute atomic E-state index is 13.4. The van der Waals surface area contributed by atoms with E-state index in [9.17, 15) is 8.42 Å². The third kappa shape index (κ3) is 2.82. The van der Waals surface area contributed by atoms with Gasteiger partial charge in [-0.05, 0) is 43.3 Å². The van der Waals surface area contributed by atoms with Crippen LogP contribution in [0.15, 0.2) is 78.0 Å². The van der Waals surface area contributed by atoms with Crippen molar-refractivity contribution < 1.29 is 8.42 Å². The highest BCUT2D eigenvalue weighted by molar-refractivity contribution is 7.93. The number of H-pyrrole nitrogens is 1. The second-order valence-corrected chi connectivity index (χ2v) is 7.65. The van der Waals surface area contributed by atoms with Crippen molar-refractivity contribution >= 4 is 32.7 Å². The topological polar surface area (TPSA) is 79.0 Å². The number of sulfonamides is 1. The Hall–Kier alpha value is -3.19. The number of nitrogens with one attached hydrogen (secondary N) is 1. The van der Waals surface area contributed by atoms with Gasteiger partial charge in [-0.25, -0.2) is 22.7 Å². The number of hydrogen-bond acceptors (Lipinski definition) is 4. The Bertz CT molecular complexity index is 1150. The van der Waals surface area contributed by atoms with E-state index in [0.717, 1.165) is 11.1 Å². The minimum atomic E-state index is -3.84. The van der Waals surface area contributed by atoms with E-state index in [-0.39, 0.29) is 10.7 Å². The molecule has 4 aromatic rings. The predicted octanol–water partition coefficient (Wildman–Crippen LogP) is 3.79. The number of anilines is 2. The zero-order valence-corrected chi connectivity index (χ0v) is 14.8. The molecule has 0 bridgehead atoms. The van der Waals surface area contributed by atoms with Gasteiger partial charge in [0.15, 0.2) is 5.65 Å². The first-order valence-corrected chi connectivity index (χ1v) is 9.47. The van der Waals surface area contributed by atoms with Gasteiger partial charge in [0.2, 0.25) is 0 Å². The first-order valence-electron chi connectivity index (χ1n) is 8.03. The van der Waals surface area contributed by atoms with Crippen molar-refractivity contribution in [3.05, 3.63) is 78.6 Å². The zero-order chi connectivity index (χ0) is 18.1. The third-order valence-corrected chi connectivity index (χ3v) is 5.77. The van der Waals surface area contributed by atoms with Crippen molar-refractivity contribution in [3.63, 3.8) is 0 Å². The number of fused-ring (bicyclic) bond motifs is 1. The fraction of sp³-hybridized carbons (Fsp3) is 0.0526. The molecular formula is C19H16N4O2S. The van der Waals surface area contributed by atoms with Crippen molar-refractivity contribution in [1.29, 1.82) is 0 Å². The molecule has 2 heterocycles. The number of para-hydroxylation sites is 1. The van der Waals surface area contributed by atoms with Crippen LogP contribution in [0, 0.1) is 6.92 Å². The monoisotopic (exact) mass is 364 g/mol. The highest BCUT2D eigenvalue weighted by Crippen LogP contribution is 2.31. The summed E-state index contributed by atoms with van der Waals surface area (Å²) in [7, 11) is -3.84. The Labute approximate surface area is 151 Å². The molecule has 0 radical (unpaired) electrons. The zero-order valence-electron chi connectivity index (χ0n) is 14.0. The molecule has 1 N–H and O–H groups in total. The Balaban J connectivity index is 1.92. The summed E-state index contributed by atoms with van der Waals surface area (Å²) in [5.74, 6) is 0.288. The molecule has 0 saturated carbocycles.